The van der Waals surface area contributed by atoms with Gasteiger partial charge in [0, 0.05) is 11.6 Å². The molecule has 3 heteroatoms. The third kappa shape index (κ3) is 1.62. The standard InChI is InChI=1S/C11H10O3/c1-13-10-4-2-8(3-5-10)9-6-11(12)14-7-9/h2-6H,7H2,1H3. The highest BCUT2D eigenvalue weighted by Gasteiger charge is 2.13. The number of cyclic esters (lactones) is 1. The van der Waals surface area contributed by atoms with Crippen molar-refractivity contribution in [2.24, 2.45) is 0 Å². The lowest BCUT2D eigenvalue weighted by Gasteiger charge is -2.02. The first-order chi connectivity index (χ1) is 6.79. The third-order valence-corrected chi connectivity index (χ3v) is 2.12. The second-order valence-corrected chi connectivity index (χ2v) is 3.01. The van der Waals surface area contributed by atoms with Crippen LogP contribution in [-0.4, -0.2) is 19.7 Å². The summed E-state index contributed by atoms with van der Waals surface area (Å²) in [7, 11) is 1.62. The van der Waals surface area contributed by atoms with E-state index in [0.29, 0.717) is 6.61 Å². The van der Waals surface area contributed by atoms with Crippen LogP contribution in [0, 0.1) is 0 Å². The molecular weight excluding hydrogens is 180 g/mol. The average Bonchev–Trinajstić information content (AvgIpc) is 2.65. The van der Waals surface area contributed by atoms with E-state index in [4.69, 9.17) is 9.47 Å². The van der Waals surface area contributed by atoms with Gasteiger partial charge in [0.25, 0.3) is 0 Å². The maximum Gasteiger partial charge on any atom is 0.331 e. The number of methoxy groups -OCH3 is 1. The molecule has 0 unspecified atom stereocenters. The van der Waals surface area contributed by atoms with E-state index in [1.165, 1.54) is 6.08 Å². The summed E-state index contributed by atoms with van der Waals surface area (Å²) < 4.78 is 9.85. The number of carbonyl (C=O) groups is 1. The van der Waals surface area contributed by atoms with E-state index < -0.39 is 0 Å². The molecule has 0 aromatic heterocycles. The molecule has 14 heavy (non-hydrogen) atoms. The van der Waals surface area contributed by atoms with E-state index in [-0.39, 0.29) is 5.97 Å². The van der Waals surface area contributed by atoms with Gasteiger partial charge < -0.3 is 9.47 Å². The van der Waals surface area contributed by atoms with Crippen LogP contribution >= 0.6 is 0 Å². The van der Waals surface area contributed by atoms with Gasteiger partial charge in [-0.2, -0.15) is 0 Å². The Morgan fingerprint density at radius 1 is 1.29 bits per heavy atom. The van der Waals surface area contributed by atoms with Gasteiger partial charge in [0.15, 0.2) is 0 Å². The highest BCUT2D eigenvalue weighted by Crippen LogP contribution is 2.21. The first-order valence-corrected chi connectivity index (χ1v) is 4.31. The van der Waals surface area contributed by atoms with Gasteiger partial charge in [0.05, 0.1) is 7.11 Å². The van der Waals surface area contributed by atoms with Crippen LogP contribution in [0.4, 0.5) is 0 Å². The molecule has 0 spiro atoms. The van der Waals surface area contributed by atoms with Crippen molar-refractivity contribution < 1.29 is 14.3 Å². The monoisotopic (exact) mass is 190 g/mol. The van der Waals surface area contributed by atoms with Crippen molar-refractivity contribution in [1.82, 2.24) is 0 Å². The molecule has 0 fully saturated rings. The van der Waals surface area contributed by atoms with Crippen LogP contribution in [0.2, 0.25) is 0 Å². The van der Waals surface area contributed by atoms with Crippen LogP contribution in [0.5, 0.6) is 5.75 Å². The molecule has 0 atom stereocenters. The molecule has 1 aromatic carbocycles. The SMILES string of the molecule is COc1ccc(C2=CC(=O)OC2)cc1. The van der Waals surface area contributed by atoms with Gasteiger partial charge in [-0.1, -0.05) is 12.1 Å². The minimum atomic E-state index is -0.268. The molecule has 0 saturated carbocycles. The highest BCUT2D eigenvalue weighted by molar-refractivity contribution is 5.95. The molecule has 0 radical (unpaired) electrons. The van der Waals surface area contributed by atoms with E-state index in [1.807, 2.05) is 24.3 Å². The normalized spacial score (nSPS) is 14.9. The third-order valence-electron chi connectivity index (χ3n) is 2.12. The predicted molar refractivity (Wildman–Crippen MR) is 51.9 cm³/mol. The molecule has 72 valence electrons. The van der Waals surface area contributed by atoms with Gasteiger partial charge in [0.2, 0.25) is 0 Å². The Hall–Kier alpha value is -1.77. The molecule has 1 aliphatic rings. The fourth-order valence-corrected chi connectivity index (χ4v) is 1.35. The Bertz CT molecular complexity index is 376. The molecule has 2 rings (SSSR count). The number of esters is 1. The molecule has 1 aliphatic heterocycles. The predicted octanol–water partition coefficient (Wildman–Crippen LogP) is 1.64. The molecule has 1 heterocycles. The number of hydrogen-bond donors (Lipinski definition) is 0. The van der Waals surface area contributed by atoms with Gasteiger partial charge in [0.1, 0.15) is 12.4 Å². The topological polar surface area (TPSA) is 35.5 Å². The lowest BCUT2D eigenvalue weighted by molar-refractivity contribution is -0.134. The second kappa shape index (κ2) is 3.54. The van der Waals surface area contributed by atoms with Crippen molar-refractivity contribution in [3.05, 3.63) is 35.9 Å². The minimum absolute atomic E-state index is 0.268. The van der Waals surface area contributed by atoms with Crippen LogP contribution in [0.25, 0.3) is 5.57 Å². The Labute approximate surface area is 81.9 Å². The maximum absolute atomic E-state index is 10.8. The molecule has 0 N–H and O–H groups in total. The number of rotatable bonds is 2. The summed E-state index contributed by atoms with van der Waals surface area (Å²) in [6.07, 6.45) is 1.52. The van der Waals surface area contributed by atoms with Crippen molar-refractivity contribution in [3.63, 3.8) is 0 Å². The zero-order valence-electron chi connectivity index (χ0n) is 7.82. The Balaban J connectivity index is 2.25. The first-order valence-electron chi connectivity index (χ1n) is 4.31. The molecular formula is C11H10O3. The summed E-state index contributed by atoms with van der Waals surface area (Å²) in [6, 6.07) is 7.54. The summed E-state index contributed by atoms with van der Waals surface area (Å²) in [5.74, 6) is 0.537. The Kier molecular flexibility index (Phi) is 2.23. The molecule has 0 aliphatic carbocycles. The van der Waals surface area contributed by atoms with Crippen LogP contribution in [0.1, 0.15) is 5.56 Å². The van der Waals surface area contributed by atoms with E-state index >= 15 is 0 Å². The minimum Gasteiger partial charge on any atom is -0.497 e. The van der Waals surface area contributed by atoms with Gasteiger partial charge >= 0.3 is 5.97 Å². The fourth-order valence-electron chi connectivity index (χ4n) is 1.35. The van der Waals surface area contributed by atoms with Gasteiger partial charge in [-0.05, 0) is 17.7 Å². The second-order valence-electron chi connectivity index (χ2n) is 3.01. The molecule has 0 saturated heterocycles. The first kappa shape index (κ1) is 8.81. The summed E-state index contributed by atoms with van der Waals surface area (Å²) in [6.45, 7) is 0.366. The van der Waals surface area contributed by atoms with Crippen molar-refractivity contribution in [3.8, 4) is 5.75 Å². The average molecular weight is 190 g/mol. The van der Waals surface area contributed by atoms with Crippen LogP contribution in [-0.2, 0) is 9.53 Å². The van der Waals surface area contributed by atoms with Gasteiger partial charge in [-0.15, -0.1) is 0 Å². The number of benzene rings is 1. The summed E-state index contributed by atoms with van der Waals surface area (Å²) in [5.41, 5.74) is 1.91. The zero-order chi connectivity index (χ0) is 9.97. The zero-order valence-corrected chi connectivity index (χ0v) is 7.82. The summed E-state index contributed by atoms with van der Waals surface area (Å²) >= 11 is 0. The molecule has 1 aromatic rings. The molecule has 0 amide bonds. The van der Waals surface area contributed by atoms with Crippen molar-refractivity contribution in [1.29, 1.82) is 0 Å². The largest absolute Gasteiger partial charge is 0.497 e. The number of ether oxygens (including phenoxy) is 2. The summed E-state index contributed by atoms with van der Waals surface area (Å²) in [5, 5.41) is 0. The van der Waals surface area contributed by atoms with Crippen molar-refractivity contribution >= 4 is 11.5 Å². The van der Waals surface area contributed by atoms with Crippen molar-refractivity contribution in [2.75, 3.05) is 13.7 Å². The van der Waals surface area contributed by atoms with E-state index in [0.717, 1.165) is 16.9 Å². The highest BCUT2D eigenvalue weighted by atomic mass is 16.5. The lowest BCUT2D eigenvalue weighted by Crippen LogP contribution is -1.91. The van der Waals surface area contributed by atoms with Gasteiger partial charge in [-0.25, -0.2) is 4.79 Å². The number of hydrogen-bond acceptors (Lipinski definition) is 3. The van der Waals surface area contributed by atoms with Crippen LogP contribution in [0.15, 0.2) is 30.3 Å². The van der Waals surface area contributed by atoms with Crippen LogP contribution in [0.3, 0.4) is 0 Å². The van der Waals surface area contributed by atoms with E-state index in [2.05, 4.69) is 0 Å². The van der Waals surface area contributed by atoms with Gasteiger partial charge in [-0.3, -0.25) is 0 Å². The quantitative estimate of drug-likeness (QED) is 0.665. The number of carbonyl (C=O) groups excluding carboxylic acids is 1. The smallest absolute Gasteiger partial charge is 0.331 e. The Morgan fingerprint density at radius 2 is 2.00 bits per heavy atom. The maximum atomic E-state index is 10.8. The summed E-state index contributed by atoms with van der Waals surface area (Å²) in [4.78, 5) is 10.8. The lowest BCUT2D eigenvalue weighted by atomic mass is 10.1. The molecule has 3 nitrogen and oxygen atoms in total. The molecule has 0 bridgehead atoms. The van der Waals surface area contributed by atoms with Crippen LogP contribution < -0.4 is 4.74 Å². The van der Waals surface area contributed by atoms with Crippen molar-refractivity contribution in [2.45, 2.75) is 0 Å². The van der Waals surface area contributed by atoms with E-state index in [9.17, 15) is 4.79 Å². The Morgan fingerprint density at radius 3 is 2.50 bits per heavy atom. The fraction of sp³-hybridized carbons (Fsp3) is 0.182. The van der Waals surface area contributed by atoms with E-state index in [1.54, 1.807) is 7.11 Å².